The van der Waals surface area contributed by atoms with Crippen LogP contribution in [0.15, 0.2) is 0 Å². The molecule has 0 amide bonds. The van der Waals surface area contributed by atoms with Gasteiger partial charge in [-0.1, -0.05) is 23.2 Å². The largest absolute Gasteiger partial charge is 0.380 e. The van der Waals surface area contributed by atoms with Gasteiger partial charge in [-0.25, -0.2) is 0 Å². The predicted molar refractivity (Wildman–Crippen MR) is 50.6 cm³/mol. The molecule has 11 heavy (non-hydrogen) atoms. The summed E-state index contributed by atoms with van der Waals surface area (Å²) < 4.78 is 10.4. The molecule has 0 unspecified atom stereocenters. The molecule has 0 N–H and O–H groups in total. The molecule has 0 heterocycles. The summed E-state index contributed by atoms with van der Waals surface area (Å²) in [6.07, 6.45) is 0. The quantitative estimate of drug-likeness (QED) is 0.529. The Morgan fingerprint density at radius 2 is 1.18 bits per heavy atom. The molecule has 0 bridgehead atoms. The molecule has 0 saturated carbocycles. The van der Waals surface area contributed by atoms with Crippen molar-refractivity contribution < 1.29 is 8.85 Å². The van der Waals surface area contributed by atoms with Crippen LogP contribution in [0.2, 0.25) is 0 Å². The monoisotopic (exact) mass is 216 g/mol. The maximum atomic E-state index is 5.75. The lowest BCUT2D eigenvalue weighted by molar-refractivity contribution is 0.112. The van der Waals surface area contributed by atoms with E-state index in [0.29, 0.717) is 0 Å². The van der Waals surface area contributed by atoms with E-state index in [1.54, 1.807) is 27.7 Å². The van der Waals surface area contributed by atoms with Gasteiger partial charge in [0.1, 0.15) is 10.1 Å². The van der Waals surface area contributed by atoms with Crippen LogP contribution in [-0.4, -0.2) is 20.1 Å². The molecule has 68 valence electrons. The molecule has 0 aliphatic rings. The molecular formula is C6H14Cl2O2Si. The van der Waals surface area contributed by atoms with Crippen molar-refractivity contribution in [3.05, 3.63) is 0 Å². The van der Waals surface area contributed by atoms with E-state index in [-0.39, 0.29) is 0 Å². The third-order valence-electron chi connectivity index (χ3n) is 0.804. The van der Waals surface area contributed by atoms with Crippen molar-refractivity contribution in [2.75, 3.05) is 0 Å². The molecule has 0 aliphatic carbocycles. The smallest absolute Gasteiger partial charge is 0.307 e. The number of hydrogen-bond acceptors (Lipinski definition) is 2. The van der Waals surface area contributed by atoms with Crippen LogP contribution in [0.5, 0.6) is 0 Å². The van der Waals surface area contributed by atoms with Crippen molar-refractivity contribution in [1.82, 2.24) is 0 Å². The first-order valence-electron chi connectivity index (χ1n) is 3.36. The molecule has 0 aliphatic heterocycles. The molecule has 0 fully saturated rings. The van der Waals surface area contributed by atoms with Crippen molar-refractivity contribution in [3.63, 3.8) is 0 Å². The van der Waals surface area contributed by atoms with Crippen LogP contribution in [0.1, 0.15) is 27.7 Å². The summed E-state index contributed by atoms with van der Waals surface area (Å²) in [5, 5.41) is -1.26. The van der Waals surface area contributed by atoms with Gasteiger partial charge in [0.25, 0.3) is 0 Å². The Kier molecular flexibility index (Phi) is 4.36. The van der Waals surface area contributed by atoms with E-state index in [4.69, 9.17) is 32.1 Å². The summed E-state index contributed by atoms with van der Waals surface area (Å²) >= 11 is 11.5. The molecule has 0 saturated heterocycles. The average molecular weight is 217 g/mol. The van der Waals surface area contributed by atoms with Crippen LogP contribution in [0, 0.1) is 0 Å². The van der Waals surface area contributed by atoms with Gasteiger partial charge in [-0.05, 0) is 27.7 Å². The standard InChI is InChI=1S/C6H14Cl2O2Si/c1-5(2,7)9-11-10-6(3,4)8/h11H2,1-4H3. The van der Waals surface area contributed by atoms with Crippen LogP contribution in [-0.2, 0) is 8.85 Å². The van der Waals surface area contributed by atoms with E-state index in [1.807, 2.05) is 0 Å². The predicted octanol–water partition coefficient (Wildman–Crippen LogP) is 1.97. The summed E-state index contributed by atoms with van der Waals surface area (Å²) in [7, 11) is -1.06. The molecule has 0 spiro atoms. The molecule has 5 heteroatoms. The molecule has 0 radical (unpaired) electrons. The number of hydrogen-bond donors (Lipinski definition) is 0. The normalized spacial score (nSPS) is 13.6. The number of alkyl halides is 2. The van der Waals surface area contributed by atoms with Gasteiger partial charge in [0.2, 0.25) is 0 Å². The summed E-state index contributed by atoms with van der Waals surface area (Å²) in [6.45, 7) is 7.08. The first-order valence-corrected chi connectivity index (χ1v) is 5.27. The van der Waals surface area contributed by atoms with Gasteiger partial charge >= 0.3 is 10.0 Å². The molecule has 0 rings (SSSR count). The van der Waals surface area contributed by atoms with Crippen molar-refractivity contribution in [2.45, 2.75) is 37.8 Å². The number of halogens is 2. The molecule has 0 aromatic rings. The van der Waals surface area contributed by atoms with Crippen molar-refractivity contribution in [1.29, 1.82) is 0 Å². The minimum Gasteiger partial charge on any atom is -0.380 e. The fourth-order valence-corrected chi connectivity index (χ4v) is 1.20. The maximum absolute atomic E-state index is 5.75. The van der Waals surface area contributed by atoms with Crippen molar-refractivity contribution in [2.24, 2.45) is 0 Å². The average Bonchev–Trinajstić information content (AvgIpc) is 1.55. The third kappa shape index (κ3) is 10.7. The van der Waals surface area contributed by atoms with Crippen molar-refractivity contribution in [3.8, 4) is 0 Å². The lowest BCUT2D eigenvalue weighted by Crippen LogP contribution is -2.26. The Morgan fingerprint density at radius 1 is 0.909 bits per heavy atom. The Labute approximate surface area is 80.2 Å². The highest BCUT2D eigenvalue weighted by Crippen LogP contribution is 2.17. The first-order chi connectivity index (χ1) is 4.71. The SMILES string of the molecule is CC(C)(Cl)O[SiH2]OC(C)(C)Cl. The molecule has 2 nitrogen and oxygen atoms in total. The van der Waals surface area contributed by atoms with Crippen LogP contribution in [0.25, 0.3) is 0 Å². The highest BCUT2D eigenvalue weighted by Gasteiger charge is 2.17. The topological polar surface area (TPSA) is 18.5 Å². The summed E-state index contributed by atoms with van der Waals surface area (Å²) in [5.41, 5.74) is 0. The van der Waals surface area contributed by atoms with Crippen LogP contribution >= 0.6 is 23.2 Å². The van der Waals surface area contributed by atoms with Gasteiger partial charge in [-0.15, -0.1) is 0 Å². The van der Waals surface area contributed by atoms with Crippen LogP contribution < -0.4 is 0 Å². The zero-order valence-electron chi connectivity index (χ0n) is 7.28. The summed E-state index contributed by atoms with van der Waals surface area (Å²) in [6, 6.07) is 0. The van der Waals surface area contributed by atoms with Gasteiger partial charge < -0.3 is 8.85 Å². The minimum atomic E-state index is -1.06. The number of rotatable bonds is 4. The summed E-state index contributed by atoms with van der Waals surface area (Å²) in [4.78, 5) is 0. The second kappa shape index (κ2) is 4.10. The van der Waals surface area contributed by atoms with Crippen LogP contribution in [0.3, 0.4) is 0 Å². The van der Waals surface area contributed by atoms with Gasteiger partial charge in [-0.3, -0.25) is 0 Å². The van der Waals surface area contributed by atoms with Gasteiger partial charge in [0.05, 0.1) is 0 Å². The lowest BCUT2D eigenvalue weighted by Gasteiger charge is -2.21. The Morgan fingerprint density at radius 3 is 1.36 bits per heavy atom. The lowest BCUT2D eigenvalue weighted by atomic mass is 10.5. The molecule has 0 atom stereocenters. The molecule has 0 aromatic heterocycles. The van der Waals surface area contributed by atoms with Gasteiger partial charge in [-0.2, -0.15) is 0 Å². The summed E-state index contributed by atoms with van der Waals surface area (Å²) in [5.74, 6) is 0. The highest BCUT2D eigenvalue weighted by molar-refractivity contribution is 6.29. The van der Waals surface area contributed by atoms with E-state index >= 15 is 0 Å². The Balaban J connectivity index is 3.44. The van der Waals surface area contributed by atoms with Crippen LogP contribution in [0.4, 0.5) is 0 Å². The van der Waals surface area contributed by atoms with E-state index in [1.165, 1.54) is 0 Å². The second-order valence-corrected chi connectivity index (χ2v) is 5.77. The van der Waals surface area contributed by atoms with E-state index in [9.17, 15) is 0 Å². The van der Waals surface area contributed by atoms with Gasteiger partial charge in [0.15, 0.2) is 0 Å². The fourth-order valence-electron chi connectivity index (χ4n) is 0.310. The van der Waals surface area contributed by atoms with Crippen molar-refractivity contribution >= 4 is 33.2 Å². The Bertz CT molecular complexity index is 103. The minimum absolute atomic E-state index is 0.631. The third-order valence-corrected chi connectivity index (χ3v) is 3.07. The first kappa shape index (κ1) is 11.7. The van der Waals surface area contributed by atoms with E-state index < -0.39 is 20.1 Å². The van der Waals surface area contributed by atoms with E-state index in [2.05, 4.69) is 0 Å². The van der Waals surface area contributed by atoms with Gasteiger partial charge in [0, 0.05) is 0 Å². The molecule has 0 aromatic carbocycles. The van der Waals surface area contributed by atoms with E-state index in [0.717, 1.165) is 0 Å². The zero-order valence-corrected chi connectivity index (χ0v) is 10.2. The Hall–Kier alpha value is 0.717. The zero-order chi connectivity index (χ0) is 9.12. The highest BCUT2D eigenvalue weighted by atomic mass is 35.5. The molecular weight excluding hydrogens is 203 g/mol. The second-order valence-electron chi connectivity index (χ2n) is 3.13. The maximum Gasteiger partial charge on any atom is 0.307 e. The fraction of sp³-hybridized carbons (Fsp3) is 1.00.